The summed E-state index contributed by atoms with van der Waals surface area (Å²) in [6, 6.07) is 11.1. The minimum Gasteiger partial charge on any atom is -0.496 e. The van der Waals surface area contributed by atoms with Crippen LogP contribution in [0.4, 0.5) is 4.39 Å². The molecule has 116 valence electrons. The van der Waals surface area contributed by atoms with Crippen molar-refractivity contribution in [3.8, 4) is 5.75 Å². The maximum Gasteiger partial charge on any atom is 0.363 e. The molecule has 0 radical (unpaired) electrons. The fourth-order valence-electron chi connectivity index (χ4n) is 2.09. The van der Waals surface area contributed by atoms with Crippen LogP contribution in [0.15, 0.2) is 57.6 Å². The van der Waals surface area contributed by atoms with Crippen LogP contribution in [0.1, 0.15) is 11.1 Å². The predicted octanol–water partition coefficient (Wildman–Crippen LogP) is 3.94. The van der Waals surface area contributed by atoms with Crippen molar-refractivity contribution < 1.29 is 18.7 Å². The van der Waals surface area contributed by atoms with Gasteiger partial charge in [-0.25, -0.2) is 14.2 Å². The largest absolute Gasteiger partial charge is 0.496 e. The van der Waals surface area contributed by atoms with Crippen LogP contribution < -0.4 is 4.74 Å². The smallest absolute Gasteiger partial charge is 0.363 e. The summed E-state index contributed by atoms with van der Waals surface area (Å²) in [5.41, 5.74) is 1.37. The van der Waals surface area contributed by atoms with Gasteiger partial charge in [-0.3, -0.25) is 0 Å². The first kappa shape index (κ1) is 15.4. The van der Waals surface area contributed by atoms with Crippen molar-refractivity contribution in [1.82, 2.24) is 0 Å². The normalized spacial score (nSPS) is 15.5. The first-order chi connectivity index (χ1) is 11.1. The average Bonchev–Trinajstić information content (AvgIpc) is 2.90. The van der Waals surface area contributed by atoms with Crippen LogP contribution in [-0.2, 0) is 9.53 Å². The molecule has 23 heavy (non-hydrogen) atoms. The number of carbonyl (C=O) groups excluding carboxylic acids is 1. The third kappa shape index (κ3) is 3.32. The molecule has 0 aliphatic carbocycles. The predicted molar refractivity (Wildman–Crippen MR) is 87.7 cm³/mol. The fourth-order valence-corrected chi connectivity index (χ4v) is 2.45. The lowest BCUT2D eigenvalue weighted by molar-refractivity contribution is -0.129. The molecule has 1 aliphatic rings. The molecule has 1 aliphatic heterocycles. The van der Waals surface area contributed by atoms with Gasteiger partial charge in [-0.15, -0.1) is 0 Å². The second-order valence-electron chi connectivity index (χ2n) is 4.73. The van der Waals surface area contributed by atoms with Gasteiger partial charge in [-0.05, 0) is 42.0 Å². The fraction of sp³-hybridized carbons (Fsp3) is 0.0588. The lowest BCUT2D eigenvalue weighted by Gasteiger charge is -2.07. The number of benzene rings is 2. The van der Waals surface area contributed by atoms with E-state index in [1.165, 1.54) is 19.2 Å². The molecule has 0 aromatic heterocycles. The van der Waals surface area contributed by atoms with Gasteiger partial charge in [0.15, 0.2) is 5.70 Å². The summed E-state index contributed by atoms with van der Waals surface area (Å²) in [7, 11) is 1.53. The quantitative estimate of drug-likeness (QED) is 0.602. The molecule has 0 bridgehead atoms. The van der Waals surface area contributed by atoms with Crippen molar-refractivity contribution in [1.29, 1.82) is 0 Å². The van der Waals surface area contributed by atoms with Crippen LogP contribution in [0.5, 0.6) is 5.75 Å². The summed E-state index contributed by atoms with van der Waals surface area (Å²) < 4.78 is 24.2. The standard InChI is InChI=1S/C17H11BrFNO3/c1-22-15-7-4-11(18)9-13(15)16-20-14(17(21)23-16)8-10-2-5-12(19)6-3-10/h2-9H,1H3/b14-8+. The van der Waals surface area contributed by atoms with E-state index in [1.807, 2.05) is 6.07 Å². The zero-order chi connectivity index (χ0) is 16.4. The number of esters is 1. The first-order valence-electron chi connectivity index (χ1n) is 6.69. The van der Waals surface area contributed by atoms with Crippen LogP contribution in [0.2, 0.25) is 0 Å². The molecule has 0 N–H and O–H groups in total. The lowest BCUT2D eigenvalue weighted by atomic mass is 10.2. The van der Waals surface area contributed by atoms with Crippen molar-refractivity contribution in [3.05, 3.63) is 69.6 Å². The number of rotatable bonds is 3. The van der Waals surface area contributed by atoms with E-state index in [-0.39, 0.29) is 17.4 Å². The van der Waals surface area contributed by atoms with Gasteiger partial charge in [0.05, 0.1) is 12.7 Å². The number of nitrogens with zero attached hydrogens (tertiary/aromatic N) is 1. The van der Waals surface area contributed by atoms with Crippen molar-refractivity contribution in [2.75, 3.05) is 7.11 Å². The Kier molecular flexibility index (Phi) is 4.25. The van der Waals surface area contributed by atoms with E-state index in [9.17, 15) is 9.18 Å². The molecule has 0 fully saturated rings. The molecule has 0 spiro atoms. The molecule has 2 aromatic rings. The molecular formula is C17H11BrFNO3. The second kappa shape index (κ2) is 6.34. The molecule has 0 saturated heterocycles. The van der Waals surface area contributed by atoms with E-state index in [4.69, 9.17) is 9.47 Å². The highest BCUT2D eigenvalue weighted by atomic mass is 79.9. The Labute approximate surface area is 140 Å². The SMILES string of the molecule is COc1ccc(Br)cc1C1=N/C(=C/c2ccc(F)cc2)C(=O)O1. The van der Waals surface area contributed by atoms with Crippen molar-refractivity contribution in [2.24, 2.45) is 4.99 Å². The number of aliphatic imine (C=N–C) groups is 1. The molecule has 2 aromatic carbocycles. The van der Waals surface area contributed by atoms with Gasteiger partial charge in [-0.1, -0.05) is 28.1 Å². The number of ether oxygens (including phenoxy) is 2. The van der Waals surface area contributed by atoms with Gasteiger partial charge in [-0.2, -0.15) is 0 Å². The van der Waals surface area contributed by atoms with E-state index in [0.717, 1.165) is 4.47 Å². The number of hydrogen-bond donors (Lipinski definition) is 0. The van der Waals surface area contributed by atoms with E-state index in [1.54, 1.807) is 30.3 Å². The second-order valence-corrected chi connectivity index (χ2v) is 5.65. The Hall–Kier alpha value is -2.47. The maximum absolute atomic E-state index is 12.9. The van der Waals surface area contributed by atoms with Gasteiger partial charge in [0.1, 0.15) is 11.6 Å². The summed E-state index contributed by atoms with van der Waals surface area (Å²) in [6.07, 6.45) is 1.54. The van der Waals surface area contributed by atoms with E-state index >= 15 is 0 Å². The molecule has 0 amide bonds. The zero-order valence-electron chi connectivity index (χ0n) is 12.0. The van der Waals surface area contributed by atoms with Crippen LogP contribution in [-0.4, -0.2) is 19.0 Å². The third-order valence-corrected chi connectivity index (χ3v) is 3.68. The number of halogens is 2. The molecule has 0 saturated carbocycles. The van der Waals surface area contributed by atoms with Gasteiger partial charge in [0.2, 0.25) is 5.90 Å². The summed E-state index contributed by atoms with van der Waals surface area (Å²) >= 11 is 3.36. The summed E-state index contributed by atoms with van der Waals surface area (Å²) in [6.45, 7) is 0. The van der Waals surface area contributed by atoms with Gasteiger partial charge in [0.25, 0.3) is 0 Å². The number of methoxy groups -OCH3 is 1. The molecule has 4 nitrogen and oxygen atoms in total. The number of cyclic esters (lactones) is 1. The van der Waals surface area contributed by atoms with Crippen LogP contribution in [0, 0.1) is 5.82 Å². The Balaban J connectivity index is 1.98. The lowest BCUT2D eigenvalue weighted by Crippen LogP contribution is -2.07. The van der Waals surface area contributed by atoms with Crippen molar-refractivity contribution in [3.63, 3.8) is 0 Å². The molecule has 6 heteroatoms. The van der Waals surface area contributed by atoms with E-state index < -0.39 is 5.97 Å². The highest BCUT2D eigenvalue weighted by molar-refractivity contribution is 9.10. The van der Waals surface area contributed by atoms with Crippen molar-refractivity contribution >= 4 is 33.9 Å². The molecule has 3 rings (SSSR count). The van der Waals surface area contributed by atoms with Crippen LogP contribution in [0.3, 0.4) is 0 Å². The van der Waals surface area contributed by atoms with E-state index in [0.29, 0.717) is 16.9 Å². The van der Waals surface area contributed by atoms with Crippen LogP contribution >= 0.6 is 15.9 Å². The molecule has 0 unspecified atom stereocenters. The minimum atomic E-state index is -0.564. The van der Waals surface area contributed by atoms with Gasteiger partial charge < -0.3 is 9.47 Å². The highest BCUT2D eigenvalue weighted by Crippen LogP contribution is 2.27. The highest BCUT2D eigenvalue weighted by Gasteiger charge is 2.26. The Morgan fingerprint density at radius 3 is 2.65 bits per heavy atom. The third-order valence-electron chi connectivity index (χ3n) is 3.19. The van der Waals surface area contributed by atoms with Gasteiger partial charge in [0, 0.05) is 4.47 Å². The maximum atomic E-state index is 12.9. The minimum absolute atomic E-state index is 0.147. The number of hydrogen-bond acceptors (Lipinski definition) is 4. The summed E-state index contributed by atoms with van der Waals surface area (Å²) in [5.74, 6) is -0.195. The summed E-state index contributed by atoms with van der Waals surface area (Å²) in [5, 5.41) is 0. The van der Waals surface area contributed by atoms with Crippen molar-refractivity contribution in [2.45, 2.75) is 0 Å². The monoisotopic (exact) mass is 375 g/mol. The Morgan fingerprint density at radius 2 is 1.96 bits per heavy atom. The molecular weight excluding hydrogens is 365 g/mol. The zero-order valence-corrected chi connectivity index (χ0v) is 13.6. The molecule has 1 heterocycles. The Morgan fingerprint density at radius 1 is 1.22 bits per heavy atom. The van der Waals surface area contributed by atoms with Crippen LogP contribution in [0.25, 0.3) is 6.08 Å². The topological polar surface area (TPSA) is 47.9 Å². The molecule has 0 atom stereocenters. The Bertz CT molecular complexity index is 828. The first-order valence-corrected chi connectivity index (χ1v) is 7.48. The average molecular weight is 376 g/mol. The summed E-state index contributed by atoms with van der Waals surface area (Å²) in [4.78, 5) is 16.2. The van der Waals surface area contributed by atoms with E-state index in [2.05, 4.69) is 20.9 Å². The number of carbonyl (C=O) groups is 1. The van der Waals surface area contributed by atoms with Gasteiger partial charge >= 0.3 is 5.97 Å².